The summed E-state index contributed by atoms with van der Waals surface area (Å²) in [4.78, 5) is 11.4. The van der Waals surface area contributed by atoms with Crippen LogP contribution < -0.4 is 0 Å². The first-order chi connectivity index (χ1) is 9.15. The van der Waals surface area contributed by atoms with Gasteiger partial charge in [0.2, 0.25) is 0 Å². The van der Waals surface area contributed by atoms with Crippen LogP contribution in [0, 0.1) is 17.1 Å². The molecule has 0 saturated carbocycles. The van der Waals surface area contributed by atoms with Crippen LogP contribution in [0.15, 0.2) is 42.5 Å². The van der Waals surface area contributed by atoms with Crippen LogP contribution >= 0.6 is 0 Å². The van der Waals surface area contributed by atoms with E-state index in [9.17, 15) is 9.18 Å². The largest absolute Gasteiger partial charge is 0.465 e. The Bertz CT molecular complexity index is 674. The normalized spacial score (nSPS) is 9.74. The lowest BCUT2D eigenvalue weighted by molar-refractivity contribution is 0.0600. The minimum atomic E-state index is -0.616. The van der Waals surface area contributed by atoms with E-state index in [1.807, 2.05) is 6.07 Å². The molecule has 0 N–H and O–H groups in total. The molecule has 0 saturated heterocycles. The summed E-state index contributed by atoms with van der Waals surface area (Å²) in [5.74, 6) is -1.17. The summed E-state index contributed by atoms with van der Waals surface area (Å²) in [5, 5.41) is 9.04. The van der Waals surface area contributed by atoms with Crippen molar-refractivity contribution < 1.29 is 13.9 Å². The van der Waals surface area contributed by atoms with Crippen LogP contribution in [0.2, 0.25) is 0 Å². The highest BCUT2D eigenvalue weighted by Gasteiger charge is 2.11. The van der Waals surface area contributed by atoms with Crippen molar-refractivity contribution >= 4 is 5.97 Å². The van der Waals surface area contributed by atoms with Crippen molar-refractivity contribution in [3.63, 3.8) is 0 Å². The minimum Gasteiger partial charge on any atom is -0.465 e. The highest BCUT2D eigenvalue weighted by Crippen LogP contribution is 2.25. The van der Waals surface area contributed by atoms with E-state index in [0.29, 0.717) is 16.7 Å². The molecule has 0 aromatic heterocycles. The van der Waals surface area contributed by atoms with Crippen LogP contribution in [0.3, 0.4) is 0 Å². The van der Waals surface area contributed by atoms with Gasteiger partial charge in [0, 0.05) is 0 Å². The molecule has 0 aliphatic rings. The quantitative estimate of drug-likeness (QED) is 0.774. The van der Waals surface area contributed by atoms with Crippen molar-refractivity contribution in [2.75, 3.05) is 7.11 Å². The van der Waals surface area contributed by atoms with E-state index in [4.69, 9.17) is 5.26 Å². The second kappa shape index (κ2) is 5.32. The standard InChI is InChI=1S/C15H10FNO2/c1-19-15(18)12-6-11(7-13(16)8-12)14-5-3-2-4-10(14)9-17/h2-8H,1H3. The van der Waals surface area contributed by atoms with Gasteiger partial charge in [-0.1, -0.05) is 18.2 Å². The highest BCUT2D eigenvalue weighted by atomic mass is 19.1. The lowest BCUT2D eigenvalue weighted by Gasteiger charge is -2.06. The molecule has 0 radical (unpaired) electrons. The van der Waals surface area contributed by atoms with Gasteiger partial charge in [-0.3, -0.25) is 0 Å². The van der Waals surface area contributed by atoms with Crippen LogP contribution in [0.5, 0.6) is 0 Å². The molecule has 0 aliphatic heterocycles. The number of carbonyl (C=O) groups excluding carboxylic acids is 1. The second-order valence-corrected chi connectivity index (χ2v) is 3.88. The Kier molecular flexibility index (Phi) is 3.58. The Morgan fingerprint density at radius 3 is 2.68 bits per heavy atom. The van der Waals surface area contributed by atoms with Gasteiger partial charge >= 0.3 is 5.97 Å². The fourth-order valence-corrected chi connectivity index (χ4v) is 1.81. The van der Waals surface area contributed by atoms with Crippen molar-refractivity contribution in [1.29, 1.82) is 5.26 Å². The van der Waals surface area contributed by atoms with Crippen LogP contribution in [-0.4, -0.2) is 13.1 Å². The number of ether oxygens (including phenoxy) is 1. The third-order valence-electron chi connectivity index (χ3n) is 2.68. The molecule has 2 aromatic rings. The zero-order valence-corrected chi connectivity index (χ0v) is 10.2. The summed E-state index contributed by atoms with van der Waals surface area (Å²) in [6, 6.07) is 12.7. The van der Waals surface area contributed by atoms with Crippen LogP contribution in [0.4, 0.5) is 4.39 Å². The molecule has 3 nitrogen and oxygen atoms in total. The van der Waals surface area contributed by atoms with E-state index in [-0.39, 0.29) is 5.56 Å². The third-order valence-corrected chi connectivity index (χ3v) is 2.68. The maximum Gasteiger partial charge on any atom is 0.337 e. The minimum absolute atomic E-state index is 0.116. The number of hydrogen-bond donors (Lipinski definition) is 0. The maximum absolute atomic E-state index is 13.6. The fraction of sp³-hybridized carbons (Fsp3) is 0.0667. The first-order valence-corrected chi connectivity index (χ1v) is 5.54. The molecule has 0 unspecified atom stereocenters. The van der Waals surface area contributed by atoms with Gasteiger partial charge in [0.05, 0.1) is 24.3 Å². The van der Waals surface area contributed by atoms with Gasteiger partial charge in [-0.05, 0) is 35.4 Å². The zero-order valence-electron chi connectivity index (χ0n) is 10.2. The first kappa shape index (κ1) is 12.8. The number of carbonyl (C=O) groups is 1. The van der Waals surface area contributed by atoms with Gasteiger partial charge in [0.15, 0.2) is 0 Å². The van der Waals surface area contributed by atoms with Gasteiger partial charge in [-0.15, -0.1) is 0 Å². The average Bonchev–Trinajstić information content (AvgIpc) is 2.45. The summed E-state index contributed by atoms with van der Waals surface area (Å²) in [6.07, 6.45) is 0. The number of nitriles is 1. The lowest BCUT2D eigenvalue weighted by Crippen LogP contribution is -2.02. The molecule has 4 heteroatoms. The van der Waals surface area contributed by atoms with E-state index >= 15 is 0 Å². The maximum atomic E-state index is 13.6. The average molecular weight is 255 g/mol. The Hall–Kier alpha value is -2.67. The van der Waals surface area contributed by atoms with Crippen molar-refractivity contribution in [3.8, 4) is 17.2 Å². The van der Waals surface area contributed by atoms with E-state index in [1.165, 1.54) is 19.2 Å². The predicted molar refractivity (Wildman–Crippen MR) is 67.9 cm³/mol. The summed E-state index contributed by atoms with van der Waals surface area (Å²) in [5.41, 5.74) is 1.58. The fourth-order valence-electron chi connectivity index (χ4n) is 1.81. The van der Waals surface area contributed by atoms with Gasteiger partial charge < -0.3 is 4.74 Å². The monoisotopic (exact) mass is 255 g/mol. The summed E-state index contributed by atoms with van der Waals surface area (Å²) in [6.45, 7) is 0. The Balaban J connectivity index is 2.60. The summed E-state index contributed by atoms with van der Waals surface area (Å²) >= 11 is 0. The Labute approximate surface area is 109 Å². The molecule has 0 amide bonds. The van der Waals surface area contributed by atoms with Crippen molar-refractivity contribution in [2.24, 2.45) is 0 Å². The second-order valence-electron chi connectivity index (χ2n) is 3.88. The molecule has 94 valence electrons. The summed E-state index contributed by atoms with van der Waals surface area (Å²) in [7, 11) is 1.23. The third kappa shape index (κ3) is 2.61. The Morgan fingerprint density at radius 2 is 2.00 bits per heavy atom. The number of benzene rings is 2. The molecular weight excluding hydrogens is 245 g/mol. The van der Waals surface area contributed by atoms with Gasteiger partial charge in [-0.2, -0.15) is 5.26 Å². The van der Waals surface area contributed by atoms with Gasteiger partial charge in [0.25, 0.3) is 0 Å². The van der Waals surface area contributed by atoms with Crippen molar-refractivity contribution in [2.45, 2.75) is 0 Å². The molecule has 0 aliphatic carbocycles. The van der Waals surface area contributed by atoms with Crippen LogP contribution in [0.1, 0.15) is 15.9 Å². The van der Waals surface area contributed by atoms with Crippen molar-refractivity contribution in [3.05, 3.63) is 59.4 Å². The Morgan fingerprint density at radius 1 is 1.26 bits per heavy atom. The molecule has 0 bridgehead atoms. The number of hydrogen-bond acceptors (Lipinski definition) is 3. The van der Waals surface area contributed by atoms with Gasteiger partial charge in [0.1, 0.15) is 5.82 Å². The predicted octanol–water partition coefficient (Wildman–Crippen LogP) is 3.15. The van der Waals surface area contributed by atoms with E-state index < -0.39 is 11.8 Å². The van der Waals surface area contributed by atoms with Crippen LogP contribution in [0.25, 0.3) is 11.1 Å². The molecule has 19 heavy (non-hydrogen) atoms. The first-order valence-electron chi connectivity index (χ1n) is 5.54. The SMILES string of the molecule is COC(=O)c1cc(F)cc(-c2ccccc2C#N)c1. The topological polar surface area (TPSA) is 50.1 Å². The van der Waals surface area contributed by atoms with E-state index in [0.717, 1.165) is 6.07 Å². The zero-order chi connectivity index (χ0) is 13.8. The van der Waals surface area contributed by atoms with Crippen molar-refractivity contribution in [1.82, 2.24) is 0 Å². The van der Waals surface area contributed by atoms with Gasteiger partial charge in [-0.25, -0.2) is 9.18 Å². The molecule has 2 aromatic carbocycles. The highest BCUT2D eigenvalue weighted by molar-refractivity contribution is 5.91. The summed E-state index contributed by atoms with van der Waals surface area (Å²) < 4.78 is 18.1. The number of esters is 1. The molecule has 2 rings (SSSR count). The molecule has 0 spiro atoms. The smallest absolute Gasteiger partial charge is 0.337 e. The molecular formula is C15H10FNO2. The molecule has 0 atom stereocenters. The van der Waals surface area contributed by atoms with E-state index in [2.05, 4.69) is 4.74 Å². The number of methoxy groups -OCH3 is 1. The van der Waals surface area contributed by atoms with Crippen LogP contribution in [-0.2, 0) is 4.74 Å². The number of rotatable bonds is 2. The number of halogens is 1. The van der Waals surface area contributed by atoms with E-state index in [1.54, 1.807) is 24.3 Å². The molecule has 0 heterocycles. The lowest BCUT2D eigenvalue weighted by atomic mass is 9.98. The molecule has 0 fully saturated rings. The number of nitrogens with zero attached hydrogens (tertiary/aromatic N) is 1.